The molecule has 1 saturated heterocycles. The van der Waals surface area contributed by atoms with Crippen molar-refractivity contribution in [2.75, 3.05) is 11.4 Å². The van der Waals surface area contributed by atoms with Gasteiger partial charge in [0.25, 0.3) is 0 Å². The predicted octanol–water partition coefficient (Wildman–Crippen LogP) is 3.50. The van der Waals surface area contributed by atoms with Crippen molar-refractivity contribution in [3.8, 4) is 0 Å². The van der Waals surface area contributed by atoms with Crippen molar-refractivity contribution >= 4 is 5.69 Å². The third-order valence-corrected chi connectivity index (χ3v) is 3.83. The summed E-state index contributed by atoms with van der Waals surface area (Å²) in [4.78, 5) is 2.26. The second-order valence-electron chi connectivity index (χ2n) is 5.50. The Labute approximate surface area is 108 Å². The zero-order valence-corrected chi connectivity index (χ0v) is 11.4. The number of hydrogen-bond donors (Lipinski definition) is 1. The van der Waals surface area contributed by atoms with Gasteiger partial charge >= 0.3 is 0 Å². The van der Waals surface area contributed by atoms with Gasteiger partial charge in [-0.15, -0.1) is 0 Å². The van der Waals surface area contributed by atoms with Gasteiger partial charge in [-0.2, -0.15) is 0 Å². The second-order valence-corrected chi connectivity index (χ2v) is 5.50. The minimum atomic E-state index is -0.769. The Kier molecular flexibility index (Phi) is 3.91. The normalized spacial score (nSPS) is 21.7. The zero-order valence-electron chi connectivity index (χ0n) is 11.4. The molecular formula is C15H22FNO. The number of anilines is 1. The van der Waals surface area contributed by atoms with Crippen molar-refractivity contribution in [1.82, 2.24) is 0 Å². The number of aliphatic hydroxyl groups excluding tert-OH is 1. The number of halogens is 1. The van der Waals surface area contributed by atoms with Crippen LogP contribution in [-0.4, -0.2) is 17.7 Å². The van der Waals surface area contributed by atoms with Crippen LogP contribution in [0, 0.1) is 11.7 Å². The van der Waals surface area contributed by atoms with Crippen LogP contribution in [0.2, 0.25) is 0 Å². The van der Waals surface area contributed by atoms with E-state index in [0.29, 0.717) is 17.5 Å². The average molecular weight is 251 g/mol. The topological polar surface area (TPSA) is 23.5 Å². The van der Waals surface area contributed by atoms with E-state index in [1.165, 1.54) is 6.07 Å². The lowest BCUT2D eigenvalue weighted by molar-refractivity contribution is 0.194. The average Bonchev–Trinajstić information content (AvgIpc) is 2.76. The molecule has 0 radical (unpaired) electrons. The van der Waals surface area contributed by atoms with Crippen molar-refractivity contribution < 1.29 is 9.50 Å². The minimum absolute atomic E-state index is 0.308. The van der Waals surface area contributed by atoms with Gasteiger partial charge < -0.3 is 10.0 Å². The Morgan fingerprint density at radius 3 is 2.67 bits per heavy atom. The molecule has 0 amide bonds. The highest BCUT2D eigenvalue weighted by Crippen LogP contribution is 2.35. The quantitative estimate of drug-likeness (QED) is 0.888. The Balaban J connectivity index is 2.41. The molecule has 1 unspecified atom stereocenters. The predicted molar refractivity (Wildman–Crippen MR) is 72.2 cm³/mol. The first-order valence-electron chi connectivity index (χ1n) is 6.75. The molecule has 1 aliphatic rings. The summed E-state index contributed by atoms with van der Waals surface area (Å²) in [6.45, 7) is 6.98. The zero-order chi connectivity index (χ0) is 13.3. The lowest BCUT2D eigenvalue weighted by atomic mass is 9.99. The summed E-state index contributed by atoms with van der Waals surface area (Å²) in [7, 11) is 0. The minimum Gasteiger partial charge on any atom is -0.389 e. The lowest BCUT2D eigenvalue weighted by Crippen LogP contribution is -2.34. The fourth-order valence-electron chi connectivity index (χ4n) is 2.97. The molecule has 1 aromatic rings. The molecule has 100 valence electrons. The van der Waals surface area contributed by atoms with Crippen LogP contribution in [0.4, 0.5) is 10.1 Å². The molecule has 0 bridgehead atoms. The van der Waals surface area contributed by atoms with Gasteiger partial charge in [0.15, 0.2) is 0 Å². The van der Waals surface area contributed by atoms with Crippen LogP contribution in [0.25, 0.3) is 0 Å². The summed E-state index contributed by atoms with van der Waals surface area (Å²) < 4.78 is 13.9. The van der Waals surface area contributed by atoms with Crippen molar-refractivity contribution in [3.05, 3.63) is 29.6 Å². The van der Waals surface area contributed by atoms with Gasteiger partial charge in [0.05, 0.1) is 6.10 Å². The number of aliphatic hydroxyl groups is 1. The van der Waals surface area contributed by atoms with Gasteiger partial charge in [0, 0.05) is 23.8 Å². The number of nitrogens with zero attached hydrogens (tertiary/aromatic N) is 1. The molecule has 3 heteroatoms. The lowest BCUT2D eigenvalue weighted by Gasteiger charge is -2.32. The van der Waals surface area contributed by atoms with Crippen LogP contribution >= 0.6 is 0 Å². The van der Waals surface area contributed by atoms with Gasteiger partial charge in [0.1, 0.15) is 5.82 Å². The van der Waals surface area contributed by atoms with Crippen LogP contribution < -0.4 is 4.90 Å². The largest absolute Gasteiger partial charge is 0.389 e. The van der Waals surface area contributed by atoms with E-state index in [1.54, 1.807) is 13.0 Å². The van der Waals surface area contributed by atoms with E-state index in [4.69, 9.17) is 0 Å². The molecule has 0 spiro atoms. The van der Waals surface area contributed by atoms with Crippen LogP contribution in [0.15, 0.2) is 18.2 Å². The first-order chi connectivity index (χ1) is 8.52. The molecule has 1 heterocycles. The van der Waals surface area contributed by atoms with Crippen LogP contribution in [0.1, 0.15) is 45.3 Å². The van der Waals surface area contributed by atoms with E-state index in [-0.39, 0.29) is 5.82 Å². The van der Waals surface area contributed by atoms with E-state index in [0.717, 1.165) is 25.1 Å². The van der Waals surface area contributed by atoms with Crippen molar-refractivity contribution in [3.63, 3.8) is 0 Å². The van der Waals surface area contributed by atoms with Crippen molar-refractivity contribution in [1.29, 1.82) is 0 Å². The summed E-state index contributed by atoms with van der Waals surface area (Å²) in [5.41, 5.74) is 1.30. The fraction of sp³-hybridized carbons (Fsp3) is 0.600. The Hall–Kier alpha value is -1.09. The van der Waals surface area contributed by atoms with Crippen molar-refractivity contribution in [2.24, 2.45) is 5.92 Å². The Bertz CT molecular complexity index is 417. The number of rotatable bonds is 3. The summed E-state index contributed by atoms with van der Waals surface area (Å²) in [6.07, 6.45) is 1.51. The maximum absolute atomic E-state index is 13.9. The molecule has 2 nitrogen and oxygen atoms in total. The molecule has 1 aromatic carbocycles. The van der Waals surface area contributed by atoms with Crippen LogP contribution in [-0.2, 0) is 0 Å². The third-order valence-electron chi connectivity index (χ3n) is 3.83. The first-order valence-corrected chi connectivity index (χ1v) is 6.75. The monoisotopic (exact) mass is 251 g/mol. The third kappa shape index (κ3) is 2.37. The van der Waals surface area contributed by atoms with Crippen LogP contribution in [0.5, 0.6) is 0 Å². The molecule has 0 aliphatic carbocycles. The van der Waals surface area contributed by atoms with Gasteiger partial charge in [-0.1, -0.05) is 19.9 Å². The van der Waals surface area contributed by atoms with Crippen molar-refractivity contribution in [2.45, 2.75) is 45.8 Å². The molecular weight excluding hydrogens is 229 g/mol. The molecule has 1 N–H and O–H groups in total. The SMILES string of the molecule is CC(C)C1CCCN1c1cccc(F)c1[C@H](C)O. The number of hydrogen-bond acceptors (Lipinski definition) is 2. The van der Waals surface area contributed by atoms with E-state index < -0.39 is 6.10 Å². The standard InChI is InChI=1S/C15H22FNO/c1-10(2)13-8-5-9-17(13)14-7-4-6-12(16)15(14)11(3)18/h4,6-7,10-11,13,18H,5,8-9H2,1-3H3/t11-,13?/m0/s1. The Morgan fingerprint density at radius 1 is 1.33 bits per heavy atom. The number of benzene rings is 1. The fourth-order valence-corrected chi connectivity index (χ4v) is 2.97. The summed E-state index contributed by atoms with van der Waals surface area (Å²) >= 11 is 0. The highest BCUT2D eigenvalue weighted by atomic mass is 19.1. The maximum Gasteiger partial charge on any atom is 0.131 e. The highest BCUT2D eigenvalue weighted by Gasteiger charge is 2.30. The van der Waals surface area contributed by atoms with Gasteiger partial charge in [-0.3, -0.25) is 0 Å². The maximum atomic E-state index is 13.9. The van der Waals surface area contributed by atoms with E-state index in [9.17, 15) is 9.50 Å². The van der Waals surface area contributed by atoms with E-state index in [1.807, 2.05) is 6.07 Å². The van der Waals surface area contributed by atoms with Gasteiger partial charge in [-0.05, 0) is 37.8 Å². The smallest absolute Gasteiger partial charge is 0.131 e. The molecule has 2 atom stereocenters. The first kappa shape index (κ1) is 13.3. The van der Waals surface area contributed by atoms with E-state index in [2.05, 4.69) is 18.7 Å². The molecule has 1 aliphatic heterocycles. The van der Waals surface area contributed by atoms with Crippen LogP contribution in [0.3, 0.4) is 0 Å². The molecule has 2 rings (SSSR count). The summed E-state index contributed by atoms with van der Waals surface area (Å²) in [5, 5.41) is 9.80. The summed E-state index contributed by atoms with van der Waals surface area (Å²) in [6, 6.07) is 5.52. The van der Waals surface area contributed by atoms with Gasteiger partial charge in [0.2, 0.25) is 0 Å². The van der Waals surface area contributed by atoms with Gasteiger partial charge in [-0.25, -0.2) is 4.39 Å². The highest BCUT2D eigenvalue weighted by molar-refractivity contribution is 5.56. The Morgan fingerprint density at radius 2 is 2.06 bits per heavy atom. The second kappa shape index (κ2) is 5.27. The summed E-state index contributed by atoms with van der Waals surface area (Å²) in [5.74, 6) is 0.231. The van der Waals surface area contributed by atoms with E-state index >= 15 is 0 Å². The molecule has 18 heavy (non-hydrogen) atoms. The molecule has 0 aromatic heterocycles. The molecule has 0 saturated carbocycles. The molecule has 1 fully saturated rings.